The molecule has 2 unspecified atom stereocenters. The van der Waals surface area contributed by atoms with Crippen LogP contribution in [-0.2, 0) is 6.54 Å². The second kappa shape index (κ2) is 8.18. The molecule has 2 fully saturated rings. The summed E-state index contributed by atoms with van der Waals surface area (Å²) in [5, 5.41) is 3.09. The van der Waals surface area contributed by atoms with Crippen LogP contribution in [0.3, 0.4) is 0 Å². The maximum absolute atomic E-state index is 13.1. The van der Waals surface area contributed by atoms with Gasteiger partial charge in [0.2, 0.25) is 6.79 Å². The Kier molecular flexibility index (Phi) is 5.14. The minimum absolute atomic E-state index is 0.0218. The van der Waals surface area contributed by atoms with Gasteiger partial charge in [-0.25, -0.2) is 0 Å². The van der Waals surface area contributed by atoms with Crippen LogP contribution in [-0.4, -0.2) is 66.3 Å². The van der Waals surface area contributed by atoms with Gasteiger partial charge >= 0.3 is 0 Å². The Hall–Kier alpha value is -2.84. The average Bonchev–Trinajstić information content (AvgIpc) is 3.29. The molecule has 8 heteroatoms. The first kappa shape index (κ1) is 20.7. The molecule has 1 aromatic carbocycles. The molecule has 174 valence electrons. The van der Waals surface area contributed by atoms with Gasteiger partial charge in [-0.05, 0) is 69.6 Å². The van der Waals surface area contributed by atoms with Crippen molar-refractivity contribution in [3.8, 4) is 11.5 Å². The van der Waals surface area contributed by atoms with E-state index in [1.807, 2.05) is 4.57 Å². The molecule has 0 saturated carbocycles. The van der Waals surface area contributed by atoms with E-state index < -0.39 is 0 Å². The first-order chi connectivity index (χ1) is 16.0. The number of carbonyl (C=O) groups is 1. The van der Waals surface area contributed by atoms with Crippen LogP contribution >= 0.6 is 0 Å². The van der Waals surface area contributed by atoms with Crippen molar-refractivity contribution in [2.75, 3.05) is 45.3 Å². The molecule has 5 heterocycles. The molecule has 33 heavy (non-hydrogen) atoms. The lowest BCUT2D eigenvalue weighted by atomic mass is 9.81. The SMILES string of the molecule is CN1CCC(N2CC3CC(C2)c2c(NC(=O)c4ccc5c(c4)OCO5)ccc(=O)n2C3)CC1. The second-order valence-electron chi connectivity index (χ2n) is 9.89. The molecule has 4 aliphatic rings. The Balaban J connectivity index is 1.27. The number of anilines is 1. The van der Waals surface area contributed by atoms with Crippen LogP contribution in [0, 0.1) is 5.92 Å². The lowest BCUT2D eigenvalue weighted by molar-refractivity contribution is 0.0519. The van der Waals surface area contributed by atoms with Crippen LogP contribution in [0.1, 0.15) is 41.2 Å². The van der Waals surface area contributed by atoms with Crippen molar-refractivity contribution in [1.29, 1.82) is 0 Å². The third-order valence-corrected chi connectivity index (χ3v) is 7.71. The standard InChI is InChI=1S/C25H30N4O4/c1-27-8-6-19(7-9-27)28-12-16-10-18(14-28)24-20(3-5-23(30)29(24)13-16)26-25(31)17-2-4-21-22(11-17)33-15-32-21/h2-5,11,16,18-19H,6-10,12-15H2,1H3,(H,26,31). The number of nitrogens with one attached hydrogen (secondary N) is 1. The fraction of sp³-hybridized carbons (Fsp3) is 0.520. The van der Waals surface area contributed by atoms with E-state index in [-0.39, 0.29) is 24.2 Å². The molecule has 0 aliphatic carbocycles. The van der Waals surface area contributed by atoms with Crippen molar-refractivity contribution in [3.63, 3.8) is 0 Å². The average molecular weight is 451 g/mol. The van der Waals surface area contributed by atoms with Crippen molar-refractivity contribution in [1.82, 2.24) is 14.4 Å². The van der Waals surface area contributed by atoms with Gasteiger partial charge in [-0.1, -0.05) is 0 Å². The highest BCUT2D eigenvalue weighted by Gasteiger charge is 2.39. The highest BCUT2D eigenvalue weighted by molar-refractivity contribution is 6.05. The van der Waals surface area contributed by atoms with Crippen LogP contribution in [0.15, 0.2) is 35.1 Å². The summed E-state index contributed by atoms with van der Waals surface area (Å²) in [6.45, 7) is 5.19. The summed E-state index contributed by atoms with van der Waals surface area (Å²) in [6, 6.07) is 9.16. The fourth-order valence-corrected chi connectivity index (χ4v) is 6.05. The van der Waals surface area contributed by atoms with Crippen molar-refractivity contribution in [2.24, 2.45) is 5.92 Å². The molecule has 1 amide bonds. The third kappa shape index (κ3) is 3.81. The zero-order valence-electron chi connectivity index (χ0n) is 19.0. The first-order valence-electron chi connectivity index (χ1n) is 11.9. The molecule has 1 aromatic heterocycles. The number of ether oxygens (including phenoxy) is 2. The minimum atomic E-state index is -0.208. The maximum Gasteiger partial charge on any atom is 0.255 e. The Morgan fingerprint density at radius 3 is 2.70 bits per heavy atom. The van der Waals surface area contributed by atoms with E-state index in [9.17, 15) is 9.59 Å². The van der Waals surface area contributed by atoms with Gasteiger partial charge < -0.3 is 24.3 Å². The zero-order valence-corrected chi connectivity index (χ0v) is 19.0. The van der Waals surface area contributed by atoms with Gasteiger partial charge in [0.05, 0.1) is 5.69 Å². The number of likely N-dealkylation sites (tertiary alicyclic amines) is 2. The number of rotatable bonds is 3. The highest BCUT2D eigenvalue weighted by Crippen LogP contribution is 2.40. The summed E-state index contributed by atoms with van der Waals surface area (Å²) in [6.07, 6.45) is 3.47. The number of piperidine rings is 2. The van der Waals surface area contributed by atoms with E-state index >= 15 is 0 Å². The fourth-order valence-electron chi connectivity index (χ4n) is 6.05. The van der Waals surface area contributed by atoms with Crippen molar-refractivity contribution < 1.29 is 14.3 Å². The van der Waals surface area contributed by atoms with Gasteiger partial charge in [0, 0.05) is 48.9 Å². The molecule has 2 saturated heterocycles. The Labute approximate surface area is 193 Å². The molecule has 1 N–H and O–H groups in total. The zero-order chi connectivity index (χ0) is 22.5. The van der Waals surface area contributed by atoms with Gasteiger partial charge in [-0.2, -0.15) is 0 Å². The third-order valence-electron chi connectivity index (χ3n) is 7.71. The topological polar surface area (TPSA) is 76.0 Å². The molecule has 6 rings (SSSR count). The van der Waals surface area contributed by atoms with Crippen LogP contribution in [0.2, 0.25) is 0 Å². The van der Waals surface area contributed by atoms with Gasteiger partial charge in [-0.3, -0.25) is 14.5 Å². The normalized spacial score (nSPS) is 25.0. The second-order valence-corrected chi connectivity index (χ2v) is 9.89. The molecular weight excluding hydrogens is 420 g/mol. The van der Waals surface area contributed by atoms with E-state index in [1.165, 1.54) is 12.8 Å². The van der Waals surface area contributed by atoms with Crippen LogP contribution in [0.25, 0.3) is 0 Å². The molecule has 2 aromatic rings. The predicted molar refractivity (Wildman–Crippen MR) is 124 cm³/mol. The van der Waals surface area contributed by atoms with E-state index in [4.69, 9.17) is 9.47 Å². The Morgan fingerprint density at radius 2 is 1.85 bits per heavy atom. The number of fused-ring (bicyclic) bond motifs is 5. The predicted octanol–water partition coefficient (Wildman–Crippen LogP) is 2.34. The lowest BCUT2D eigenvalue weighted by Crippen LogP contribution is -2.53. The summed E-state index contributed by atoms with van der Waals surface area (Å²) in [7, 11) is 2.19. The number of amides is 1. The van der Waals surface area contributed by atoms with Gasteiger partial charge in [0.1, 0.15) is 0 Å². The molecule has 0 spiro atoms. The molecule has 0 radical (unpaired) electrons. The number of nitrogens with zero attached hydrogens (tertiary/aromatic N) is 3. The van der Waals surface area contributed by atoms with Crippen molar-refractivity contribution >= 4 is 11.6 Å². The molecule has 2 atom stereocenters. The van der Waals surface area contributed by atoms with E-state index in [2.05, 4.69) is 22.2 Å². The van der Waals surface area contributed by atoms with Gasteiger partial charge in [-0.15, -0.1) is 0 Å². The summed E-state index contributed by atoms with van der Waals surface area (Å²) in [5.41, 5.74) is 2.25. The number of aromatic nitrogens is 1. The smallest absolute Gasteiger partial charge is 0.255 e. The first-order valence-corrected chi connectivity index (χ1v) is 11.9. The molecule has 8 nitrogen and oxygen atoms in total. The summed E-state index contributed by atoms with van der Waals surface area (Å²) < 4.78 is 12.7. The Bertz CT molecular complexity index is 1140. The highest BCUT2D eigenvalue weighted by atomic mass is 16.7. The summed E-state index contributed by atoms with van der Waals surface area (Å²) >= 11 is 0. The number of hydrogen-bond donors (Lipinski definition) is 1. The quantitative estimate of drug-likeness (QED) is 0.774. The van der Waals surface area contributed by atoms with Crippen LogP contribution in [0.4, 0.5) is 5.69 Å². The van der Waals surface area contributed by atoms with Gasteiger partial charge in [0.15, 0.2) is 11.5 Å². The molecular formula is C25H30N4O4. The van der Waals surface area contributed by atoms with E-state index in [0.29, 0.717) is 29.0 Å². The van der Waals surface area contributed by atoms with Crippen LogP contribution < -0.4 is 20.3 Å². The molecule has 2 bridgehead atoms. The largest absolute Gasteiger partial charge is 0.454 e. The van der Waals surface area contributed by atoms with E-state index in [1.54, 1.807) is 30.3 Å². The molecule has 4 aliphatic heterocycles. The summed E-state index contributed by atoms with van der Waals surface area (Å²) in [5.74, 6) is 1.75. The number of pyridine rings is 1. The number of benzene rings is 1. The van der Waals surface area contributed by atoms with Crippen molar-refractivity contribution in [3.05, 3.63) is 51.9 Å². The van der Waals surface area contributed by atoms with Crippen molar-refractivity contribution in [2.45, 2.75) is 37.8 Å². The monoisotopic (exact) mass is 450 g/mol. The van der Waals surface area contributed by atoms with E-state index in [0.717, 1.165) is 50.5 Å². The van der Waals surface area contributed by atoms with Gasteiger partial charge in [0.25, 0.3) is 11.5 Å². The lowest BCUT2D eigenvalue weighted by Gasteiger charge is -2.47. The maximum atomic E-state index is 13.1. The Morgan fingerprint density at radius 1 is 1.03 bits per heavy atom. The minimum Gasteiger partial charge on any atom is -0.454 e. The van der Waals surface area contributed by atoms with Crippen LogP contribution in [0.5, 0.6) is 11.5 Å². The summed E-state index contributed by atoms with van der Waals surface area (Å²) in [4.78, 5) is 30.9. The number of carbonyl (C=O) groups excluding carboxylic acids is 1. The number of hydrogen-bond acceptors (Lipinski definition) is 6.